The molecule has 2 aromatic rings. The topological polar surface area (TPSA) is 59.2 Å². The zero-order valence-corrected chi connectivity index (χ0v) is 11.8. The second-order valence-electron chi connectivity index (χ2n) is 3.54. The molecule has 0 aliphatic rings. The smallest absolute Gasteiger partial charge is 0.343 e. The summed E-state index contributed by atoms with van der Waals surface area (Å²) in [5, 5.41) is 0.874. The van der Waals surface area contributed by atoms with E-state index in [9.17, 15) is 9.59 Å². The van der Waals surface area contributed by atoms with E-state index in [1.54, 1.807) is 19.1 Å². The number of hydrogen-bond donors (Lipinski definition) is 1. The fourth-order valence-electron chi connectivity index (χ4n) is 1.60. The van der Waals surface area contributed by atoms with Gasteiger partial charge in [0.2, 0.25) is 5.43 Å². The Balaban J connectivity index is 2.70. The van der Waals surface area contributed by atoms with E-state index in [2.05, 4.69) is 20.9 Å². The van der Waals surface area contributed by atoms with Gasteiger partial charge in [-0.05, 0) is 35.0 Å². The lowest BCUT2D eigenvalue weighted by Crippen LogP contribution is -2.18. The second kappa shape index (κ2) is 5.12. The maximum absolute atomic E-state index is 12.1. The average molecular weight is 331 g/mol. The molecule has 0 saturated heterocycles. The van der Waals surface area contributed by atoms with Crippen molar-refractivity contribution in [1.82, 2.24) is 4.98 Å². The summed E-state index contributed by atoms with van der Waals surface area (Å²) in [6.07, 6.45) is 1.34. The van der Waals surface area contributed by atoms with Gasteiger partial charge in [0.1, 0.15) is 5.56 Å². The molecular weight excluding hydrogens is 321 g/mol. The Morgan fingerprint density at radius 3 is 2.89 bits per heavy atom. The maximum atomic E-state index is 12.1. The largest absolute Gasteiger partial charge is 0.462 e. The average Bonchev–Trinajstić information content (AvgIpc) is 2.34. The van der Waals surface area contributed by atoms with Gasteiger partial charge in [0, 0.05) is 11.6 Å². The zero-order chi connectivity index (χ0) is 13.3. The van der Waals surface area contributed by atoms with Crippen molar-refractivity contribution in [3.05, 3.63) is 43.6 Å². The molecule has 1 heterocycles. The summed E-state index contributed by atoms with van der Waals surface area (Å²) in [7, 11) is 0. The summed E-state index contributed by atoms with van der Waals surface area (Å²) in [5.74, 6) is -0.633. The van der Waals surface area contributed by atoms with Crippen molar-refractivity contribution in [2.75, 3.05) is 6.61 Å². The first-order chi connectivity index (χ1) is 8.56. The van der Waals surface area contributed by atoms with Crippen LogP contribution in [-0.2, 0) is 4.74 Å². The van der Waals surface area contributed by atoms with Crippen molar-refractivity contribution in [2.45, 2.75) is 6.92 Å². The third kappa shape index (κ3) is 2.15. The highest BCUT2D eigenvalue weighted by atomic mass is 79.9. The van der Waals surface area contributed by atoms with Crippen LogP contribution in [0.5, 0.6) is 0 Å². The van der Waals surface area contributed by atoms with Crippen LogP contribution in [0.3, 0.4) is 0 Å². The van der Waals surface area contributed by atoms with Crippen LogP contribution in [0.4, 0.5) is 0 Å². The lowest BCUT2D eigenvalue weighted by atomic mass is 10.1. The van der Waals surface area contributed by atoms with Gasteiger partial charge in [0.15, 0.2) is 0 Å². The molecule has 1 aromatic carbocycles. The monoisotopic (exact) mass is 329 g/mol. The number of fused-ring (bicyclic) bond motifs is 1. The van der Waals surface area contributed by atoms with E-state index in [0.717, 1.165) is 0 Å². The molecule has 6 heteroatoms. The van der Waals surface area contributed by atoms with E-state index >= 15 is 0 Å². The number of carbonyl (C=O) groups excluding carboxylic acids is 1. The second-order valence-corrected chi connectivity index (χ2v) is 4.74. The number of nitrogens with one attached hydrogen (secondary N) is 1. The molecule has 0 aliphatic carbocycles. The molecule has 2 rings (SSSR count). The van der Waals surface area contributed by atoms with Crippen molar-refractivity contribution in [1.29, 1.82) is 0 Å². The number of aromatic nitrogens is 1. The normalized spacial score (nSPS) is 10.6. The summed E-state index contributed by atoms with van der Waals surface area (Å²) in [6, 6.07) is 3.17. The van der Waals surface area contributed by atoms with Gasteiger partial charge in [0.05, 0.1) is 21.6 Å². The van der Waals surface area contributed by atoms with Crippen molar-refractivity contribution in [2.24, 2.45) is 0 Å². The lowest BCUT2D eigenvalue weighted by molar-refractivity contribution is 0.0524. The number of halogens is 2. The molecule has 0 radical (unpaired) electrons. The van der Waals surface area contributed by atoms with Crippen LogP contribution in [-0.4, -0.2) is 17.6 Å². The minimum absolute atomic E-state index is 0.0152. The van der Waals surface area contributed by atoms with Crippen LogP contribution in [0, 0.1) is 0 Å². The van der Waals surface area contributed by atoms with Crippen LogP contribution in [0.25, 0.3) is 10.9 Å². The molecule has 0 unspecified atom stereocenters. The molecule has 0 atom stereocenters. The van der Waals surface area contributed by atoms with Gasteiger partial charge in [0.25, 0.3) is 0 Å². The molecule has 1 aromatic heterocycles. The molecule has 0 spiro atoms. The number of H-pyrrole nitrogens is 1. The Labute approximate surface area is 116 Å². The van der Waals surface area contributed by atoms with Gasteiger partial charge in [-0.25, -0.2) is 4.79 Å². The Hall–Kier alpha value is -1.33. The Bertz CT molecular complexity index is 681. The van der Waals surface area contributed by atoms with Gasteiger partial charge in [-0.1, -0.05) is 11.6 Å². The van der Waals surface area contributed by atoms with E-state index in [4.69, 9.17) is 16.3 Å². The van der Waals surface area contributed by atoms with E-state index in [1.165, 1.54) is 6.20 Å². The first-order valence-corrected chi connectivity index (χ1v) is 6.40. The van der Waals surface area contributed by atoms with E-state index < -0.39 is 5.97 Å². The van der Waals surface area contributed by atoms with Crippen LogP contribution < -0.4 is 5.43 Å². The number of esters is 1. The molecule has 4 nitrogen and oxygen atoms in total. The van der Waals surface area contributed by atoms with E-state index in [1.807, 2.05) is 0 Å². The number of rotatable bonds is 2. The number of aromatic amines is 1. The molecule has 18 heavy (non-hydrogen) atoms. The summed E-state index contributed by atoms with van der Waals surface area (Å²) in [4.78, 5) is 26.6. The fourth-order valence-corrected chi connectivity index (χ4v) is 2.21. The highest BCUT2D eigenvalue weighted by molar-refractivity contribution is 9.10. The van der Waals surface area contributed by atoms with E-state index in [0.29, 0.717) is 20.4 Å². The summed E-state index contributed by atoms with van der Waals surface area (Å²) >= 11 is 9.22. The summed E-state index contributed by atoms with van der Waals surface area (Å²) in [6.45, 7) is 1.91. The van der Waals surface area contributed by atoms with Crippen LogP contribution in [0.1, 0.15) is 17.3 Å². The third-order valence-electron chi connectivity index (χ3n) is 2.44. The number of carbonyl (C=O) groups is 1. The van der Waals surface area contributed by atoms with E-state index in [-0.39, 0.29) is 17.6 Å². The minimum atomic E-state index is -0.633. The standard InChI is InChI=1S/C12H9BrClNO3/c1-2-18-12(17)7-5-15-10-6(11(7)16)3-4-8(14)9(10)13/h3-5H,2H2,1H3,(H,15,16). The highest BCUT2D eigenvalue weighted by Gasteiger charge is 2.15. The number of ether oxygens (including phenoxy) is 1. The highest BCUT2D eigenvalue weighted by Crippen LogP contribution is 2.28. The van der Waals surface area contributed by atoms with Crippen molar-refractivity contribution < 1.29 is 9.53 Å². The van der Waals surface area contributed by atoms with Crippen LogP contribution in [0.2, 0.25) is 5.02 Å². The Morgan fingerprint density at radius 2 is 2.22 bits per heavy atom. The van der Waals surface area contributed by atoms with Gasteiger partial charge in [-0.2, -0.15) is 0 Å². The van der Waals surface area contributed by atoms with Gasteiger partial charge in [-0.15, -0.1) is 0 Å². The first-order valence-electron chi connectivity index (χ1n) is 5.22. The molecule has 0 saturated carbocycles. The summed E-state index contributed by atoms with van der Waals surface area (Å²) < 4.78 is 5.41. The minimum Gasteiger partial charge on any atom is -0.462 e. The predicted molar refractivity (Wildman–Crippen MR) is 73.2 cm³/mol. The Morgan fingerprint density at radius 1 is 1.50 bits per heavy atom. The number of pyridine rings is 1. The van der Waals surface area contributed by atoms with Crippen molar-refractivity contribution in [3.63, 3.8) is 0 Å². The molecule has 0 bridgehead atoms. The number of benzene rings is 1. The third-order valence-corrected chi connectivity index (χ3v) is 3.81. The molecule has 0 amide bonds. The quantitative estimate of drug-likeness (QED) is 0.861. The molecule has 1 N–H and O–H groups in total. The van der Waals surface area contributed by atoms with Crippen LogP contribution in [0.15, 0.2) is 27.6 Å². The maximum Gasteiger partial charge on any atom is 0.343 e. The van der Waals surface area contributed by atoms with Gasteiger partial charge >= 0.3 is 5.97 Å². The van der Waals surface area contributed by atoms with Crippen molar-refractivity contribution >= 4 is 44.4 Å². The van der Waals surface area contributed by atoms with Gasteiger partial charge in [-0.3, -0.25) is 4.79 Å². The Kier molecular flexibility index (Phi) is 3.73. The lowest BCUT2D eigenvalue weighted by Gasteiger charge is -2.05. The fraction of sp³-hybridized carbons (Fsp3) is 0.167. The molecule has 0 aliphatic heterocycles. The van der Waals surface area contributed by atoms with Crippen LogP contribution >= 0.6 is 27.5 Å². The molecular formula is C12H9BrClNO3. The van der Waals surface area contributed by atoms with Crippen molar-refractivity contribution in [3.8, 4) is 0 Å². The zero-order valence-electron chi connectivity index (χ0n) is 9.42. The number of hydrogen-bond acceptors (Lipinski definition) is 3. The van der Waals surface area contributed by atoms with Gasteiger partial charge < -0.3 is 9.72 Å². The predicted octanol–water partition coefficient (Wildman–Crippen LogP) is 3.12. The molecule has 0 fully saturated rings. The first kappa shape index (κ1) is 13.1. The summed E-state index contributed by atoms with van der Waals surface area (Å²) in [5.41, 5.74) is 0.165. The molecule has 94 valence electrons. The SMILES string of the molecule is CCOC(=O)c1c[nH]c2c(Br)c(Cl)ccc2c1=O.